The van der Waals surface area contributed by atoms with Gasteiger partial charge in [-0.25, -0.2) is 8.78 Å². The van der Waals surface area contributed by atoms with E-state index in [-0.39, 0.29) is 18.1 Å². The van der Waals surface area contributed by atoms with Gasteiger partial charge in [-0.3, -0.25) is 4.79 Å². The van der Waals surface area contributed by atoms with Crippen LogP contribution < -0.4 is 15.8 Å². The van der Waals surface area contributed by atoms with Crippen molar-refractivity contribution in [1.29, 1.82) is 0 Å². The molecule has 0 radical (unpaired) electrons. The topological polar surface area (TPSA) is 93.8 Å². The maximum absolute atomic E-state index is 14.1. The normalized spacial score (nSPS) is 14.9. The Labute approximate surface area is 161 Å². The summed E-state index contributed by atoms with van der Waals surface area (Å²) in [6.45, 7) is 4.15. The van der Waals surface area contributed by atoms with Crippen LogP contribution in [-0.2, 0) is 4.74 Å². The number of nitrogens with two attached hydrogens (primary N) is 1. The van der Waals surface area contributed by atoms with Gasteiger partial charge in [0.2, 0.25) is 6.23 Å². The van der Waals surface area contributed by atoms with Crippen molar-refractivity contribution in [1.82, 2.24) is 5.32 Å². The lowest BCUT2D eigenvalue weighted by Gasteiger charge is -2.15. The van der Waals surface area contributed by atoms with Crippen molar-refractivity contribution in [3.8, 4) is 11.5 Å². The number of aromatic hydroxyl groups is 1. The summed E-state index contributed by atoms with van der Waals surface area (Å²) >= 11 is 0. The molecule has 1 unspecified atom stereocenters. The minimum atomic E-state index is -1.22. The molecular formula is C20H22F2N2O4. The zero-order valence-electron chi connectivity index (χ0n) is 15.5. The molecule has 8 heteroatoms. The summed E-state index contributed by atoms with van der Waals surface area (Å²) < 4.78 is 38.1. The minimum absolute atomic E-state index is 0.0984. The van der Waals surface area contributed by atoms with Crippen LogP contribution in [0.2, 0.25) is 0 Å². The first-order chi connectivity index (χ1) is 13.4. The van der Waals surface area contributed by atoms with Gasteiger partial charge in [-0.05, 0) is 36.4 Å². The first kappa shape index (κ1) is 21.0. The van der Waals surface area contributed by atoms with Crippen LogP contribution in [0.5, 0.6) is 11.5 Å². The van der Waals surface area contributed by atoms with Crippen LogP contribution in [0, 0.1) is 11.6 Å². The quantitative estimate of drug-likeness (QED) is 0.724. The minimum Gasteiger partial charge on any atom is -0.508 e. The van der Waals surface area contributed by atoms with Crippen LogP contribution in [0.4, 0.5) is 8.78 Å². The van der Waals surface area contributed by atoms with Crippen LogP contribution in [0.25, 0.3) is 5.70 Å². The van der Waals surface area contributed by atoms with Gasteiger partial charge < -0.3 is 25.6 Å². The van der Waals surface area contributed by atoms with E-state index in [9.17, 15) is 18.7 Å². The van der Waals surface area contributed by atoms with Gasteiger partial charge in [-0.1, -0.05) is 20.3 Å². The molecule has 150 valence electrons. The number of nitrogens with one attached hydrogen (secondary N) is 1. The molecule has 1 aliphatic rings. The SMILES string of the molecule is CCC.NC(=O)c1c(F)ccc(OCC2NC(c3ccc(O)cc3)=CO2)c1F. The Hall–Kier alpha value is -3.29. The van der Waals surface area contributed by atoms with E-state index in [0.717, 1.165) is 17.7 Å². The van der Waals surface area contributed by atoms with Crippen LogP contribution >= 0.6 is 0 Å². The van der Waals surface area contributed by atoms with E-state index in [2.05, 4.69) is 19.2 Å². The molecule has 3 rings (SSSR count). The number of hydrogen-bond acceptors (Lipinski definition) is 5. The van der Waals surface area contributed by atoms with E-state index < -0.39 is 29.3 Å². The summed E-state index contributed by atoms with van der Waals surface area (Å²) in [6, 6.07) is 8.42. The predicted molar refractivity (Wildman–Crippen MR) is 100 cm³/mol. The molecule has 0 aromatic heterocycles. The van der Waals surface area contributed by atoms with Gasteiger partial charge in [-0.15, -0.1) is 0 Å². The summed E-state index contributed by atoms with van der Waals surface area (Å²) in [5.41, 5.74) is 5.55. The highest BCUT2D eigenvalue weighted by atomic mass is 19.1. The van der Waals surface area contributed by atoms with Gasteiger partial charge in [-0.2, -0.15) is 0 Å². The van der Waals surface area contributed by atoms with Crippen LogP contribution in [0.3, 0.4) is 0 Å². The van der Waals surface area contributed by atoms with Gasteiger partial charge in [0, 0.05) is 5.56 Å². The summed E-state index contributed by atoms with van der Waals surface area (Å²) in [4.78, 5) is 11.1. The number of phenols is 1. The second-order valence-electron chi connectivity index (χ2n) is 5.96. The summed E-state index contributed by atoms with van der Waals surface area (Å²) in [7, 11) is 0. The first-order valence-electron chi connectivity index (χ1n) is 8.69. The molecule has 2 aromatic carbocycles. The molecule has 6 nitrogen and oxygen atoms in total. The molecule has 0 fully saturated rings. The molecule has 1 atom stereocenters. The number of ether oxygens (including phenoxy) is 2. The van der Waals surface area contributed by atoms with Crippen LogP contribution in [-0.4, -0.2) is 23.8 Å². The van der Waals surface area contributed by atoms with E-state index in [4.69, 9.17) is 15.2 Å². The fraction of sp³-hybridized carbons (Fsp3) is 0.250. The third-order valence-corrected chi connectivity index (χ3v) is 3.54. The van der Waals surface area contributed by atoms with Crippen molar-refractivity contribution in [2.75, 3.05) is 6.61 Å². The van der Waals surface area contributed by atoms with Crippen molar-refractivity contribution < 1.29 is 28.2 Å². The number of benzene rings is 2. The monoisotopic (exact) mass is 392 g/mol. The van der Waals surface area contributed by atoms with Crippen LogP contribution in [0.15, 0.2) is 42.7 Å². The molecule has 2 aromatic rings. The molecule has 1 aliphatic heterocycles. The Morgan fingerprint density at radius 1 is 1.21 bits per heavy atom. The Bertz CT molecular complexity index is 854. The molecule has 1 amide bonds. The molecule has 0 spiro atoms. The molecule has 0 saturated carbocycles. The highest BCUT2D eigenvalue weighted by molar-refractivity contribution is 5.93. The molecule has 1 heterocycles. The first-order valence-corrected chi connectivity index (χ1v) is 8.69. The van der Waals surface area contributed by atoms with Crippen molar-refractivity contribution in [3.05, 3.63) is 65.4 Å². The lowest BCUT2D eigenvalue weighted by molar-refractivity contribution is 0.0906. The Kier molecular flexibility index (Phi) is 7.20. The maximum Gasteiger partial charge on any atom is 0.254 e. The maximum atomic E-state index is 14.1. The van der Waals surface area contributed by atoms with Crippen molar-refractivity contribution in [2.24, 2.45) is 5.73 Å². The Morgan fingerprint density at radius 3 is 2.46 bits per heavy atom. The number of carbonyl (C=O) groups is 1. The zero-order valence-corrected chi connectivity index (χ0v) is 15.5. The predicted octanol–water partition coefficient (Wildman–Crippen LogP) is 3.51. The molecule has 28 heavy (non-hydrogen) atoms. The molecule has 4 N–H and O–H groups in total. The number of rotatable bonds is 5. The lowest BCUT2D eigenvalue weighted by Crippen LogP contribution is -2.30. The van der Waals surface area contributed by atoms with E-state index >= 15 is 0 Å². The largest absolute Gasteiger partial charge is 0.508 e. The average molecular weight is 392 g/mol. The summed E-state index contributed by atoms with van der Waals surface area (Å²) in [5, 5.41) is 12.3. The standard InChI is InChI=1S/C17H14F2N2O4.C3H8/c18-11-5-6-13(16(19)15(11)17(20)23)24-8-14-21-12(7-25-14)9-1-3-10(22)4-2-9;1-3-2/h1-7,14,21-22H,8H2,(H2,20,23);3H2,1-2H3. The van der Waals surface area contributed by atoms with Gasteiger partial charge in [0.25, 0.3) is 5.91 Å². The van der Waals surface area contributed by atoms with Gasteiger partial charge in [0.15, 0.2) is 11.6 Å². The number of amides is 1. The molecule has 0 aliphatic carbocycles. The zero-order chi connectivity index (χ0) is 20.7. The van der Waals surface area contributed by atoms with E-state index in [1.54, 1.807) is 12.1 Å². The van der Waals surface area contributed by atoms with E-state index in [1.807, 2.05) is 0 Å². The van der Waals surface area contributed by atoms with Crippen molar-refractivity contribution >= 4 is 11.6 Å². The van der Waals surface area contributed by atoms with Gasteiger partial charge in [0.1, 0.15) is 30.0 Å². The highest BCUT2D eigenvalue weighted by Crippen LogP contribution is 2.24. The number of phenolic OH excluding ortho intramolecular Hbond substituents is 1. The number of primary amides is 1. The average Bonchev–Trinajstić information content (AvgIpc) is 3.11. The second-order valence-corrected chi connectivity index (χ2v) is 5.96. The Balaban J connectivity index is 0.000000878. The second kappa shape index (κ2) is 9.59. The number of carbonyl (C=O) groups excluding carboxylic acids is 1. The smallest absolute Gasteiger partial charge is 0.254 e. The molecular weight excluding hydrogens is 370 g/mol. The fourth-order valence-electron chi connectivity index (χ4n) is 2.30. The van der Waals surface area contributed by atoms with Gasteiger partial charge >= 0.3 is 0 Å². The number of hydrogen-bond donors (Lipinski definition) is 3. The van der Waals surface area contributed by atoms with E-state index in [0.29, 0.717) is 5.70 Å². The van der Waals surface area contributed by atoms with E-state index in [1.165, 1.54) is 24.8 Å². The lowest BCUT2D eigenvalue weighted by atomic mass is 10.1. The Morgan fingerprint density at radius 2 is 1.86 bits per heavy atom. The summed E-state index contributed by atoms with van der Waals surface area (Å²) in [5.74, 6) is -3.59. The van der Waals surface area contributed by atoms with Gasteiger partial charge in [0.05, 0.1) is 5.70 Å². The third-order valence-electron chi connectivity index (χ3n) is 3.54. The van der Waals surface area contributed by atoms with Crippen molar-refractivity contribution in [3.63, 3.8) is 0 Å². The summed E-state index contributed by atoms with van der Waals surface area (Å²) in [6.07, 6.45) is 2.11. The highest BCUT2D eigenvalue weighted by Gasteiger charge is 2.22. The number of halogens is 2. The molecule has 0 saturated heterocycles. The fourth-order valence-corrected chi connectivity index (χ4v) is 2.30. The van der Waals surface area contributed by atoms with Crippen molar-refractivity contribution in [2.45, 2.75) is 26.5 Å². The molecule has 0 bridgehead atoms. The van der Waals surface area contributed by atoms with Crippen LogP contribution in [0.1, 0.15) is 36.2 Å². The third kappa shape index (κ3) is 5.12.